The first-order chi connectivity index (χ1) is 12.0. The summed E-state index contributed by atoms with van der Waals surface area (Å²) in [4.78, 5) is 25.7. The second kappa shape index (κ2) is 9.02. The van der Waals surface area contributed by atoms with Crippen molar-refractivity contribution in [1.29, 1.82) is 0 Å². The molecule has 3 rings (SSSR count). The molecule has 2 unspecified atom stereocenters. The minimum Gasteiger partial charge on any atom is -0.481 e. The molecule has 1 saturated carbocycles. The standard InChI is InChI=1S/C19H22FNO3S.ClH/c20-15-4-2-1-3-14(15)18(19(24)12-5-6-12)21-10-9-16(25)13(11-21)7-8-17(22)23;/h1-4,7,12,16,18,25H,5-6,8-11H2,(H,22,23);1H. The van der Waals surface area contributed by atoms with Crippen LogP contribution in [0, 0.1) is 11.7 Å². The maximum absolute atomic E-state index is 14.4. The average Bonchev–Trinajstić information content (AvgIpc) is 3.41. The number of carbonyl (C=O) groups is 2. The lowest BCUT2D eigenvalue weighted by Gasteiger charge is -2.37. The van der Waals surface area contributed by atoms with E-state index in [1.165, 1.54) is 6.07 Å². The third-order valence-electron chi connectivity index (χ3n) is 4.86. The van der Waals surface area contributed by atoms with Gasteiger partial charge in [-0.25, -0.2) is 4.39 Å². The number of halogens is 2. The van der Waals surface area contributed by atoms with Crippen molar-refractivity contribution in [1.82, 2.24) is 4.90 Å². The van der Waals surface area contributed by atoms with Gasteiger partial charge in [0, 0.05) is 29.8 Å². The summed E-state index contributed by atoms with van der Waals surface area (Å²) in [5.41, 5.74) is 1.30. The van der Waals surface area contributed by atoms with Gasteiger partial charge in [0.1, 0.15) is 5.82 Å². The molecule has 0 radical (unpaired) electrons. The maximum Gasteiger partial charge on any atom is 0.307 e. The number of aliphatic carboxylic acids is 1. The molecular weight excluding hydrogens is 377 g/mol. The Bertz CT molecular complexity index is 708. The summed E-state index contributed by atoms with van der Waals surface area (Å²) >= 11 is 4.53. The van der Waals surface area contributed by atoms with E-state index in [1.54, 1.807) is 24.3 Å². The molecule has 1 aliphatic heterocycles. The minimum absolute atomic E-state index is 0. The third kappa shape index (κ3) is 4.87. The van der Waals surface area contributed by atoms with Crippen molar-refractivity contribution < 1.29 is 19.1 Å². The van der Waals surface area contributed by atoms with E-state index in [0.717, 1.165) is 18.4 Å². The van der Waals surface area contributed by atoms with Crippen LogP contribution in [-0.4, -0.2) is 40.1 Å². The molecule has 1 heterocycles. The van der Waals surface area contributed by atoms with Crippen LogP contribution in [0.1, 0.15) is 37.3 Å². The Labute approximate surface area is 164 Å². The summed E-state index contributed by atoms with van der Waals surface area (Å²) in [6.07, 6.45) is 4.05. The SMILES string of the molecule is Cl.O=C(O)CC=C1CN(C(C(=O)C2CC2)c2ccccc2F)CCC1S. The molecule has 1 aromatic rings. The Balaban J connectivity index is 0.00000243. The molecule has 1 N–H and O–H groups in total. The lowest BCUT2D eigenvalue weighted by molar-refractivity contribution is -0.136. The quantitative estimate of drug-likeness (QED) is 0.566. The first-order valence-corrected chi connectivity index (χ1v) is 9.10. The van der Waals surface area contributed by atoms with E-state index in [2.05, 4.69) is 12.6 Å². The Morgan fingerprint density at radius 3 is 2.62 bits per heavy atom. The fraction of sp³-hybridized carbons (Fsp3) is 0.474. The number of benzene rings is 1. The van der Waals surface area contributed by atoms with Crippen molar-refractivity contribution >= 4 is 36.8 Å². The fourth-order valence-corrected chi connectivity index (χ4v) is 3.65. The van der Waals surface area contributed by atoms with E-state index in [4.69, 9.17) is 5.11 Å². The number of nitrogens with zero attached hydrogens (tertiary/aromatic N) is 1. The van der Waals surface area contributed by atoms with E-state index >= 15 is 0 Å². The van der Waals surface area contributed by atoms with E-state index < -0.39 is 12.0 Å². The molecule has 1 saturated heterocycles. The van der Waals surface area contributed by atoms with E-state index in [-0.39, 0.29) is 41.6 Å². The van der Waals surface area contributed by atoms with Gasteiger partial charge in [0.05, 0.1) is 12.5 Å². The summed E-state index contributed by atoms with van der Waals surface area (Å²) in [6.45, 7) is 1.08. The monoisotopic (exact) mass is 399 g/mol. The summed E-state index contributed by atoms with van der Waals surface area (Å²) in [6, 6.07) is 5.82. The predicted octanol–water partition coefficient (Wildman–Crippen LogP) is 3.67. The lowest BCUT2D eigenvalue weighted by Crippen LogP contribution is -2.42. The number of rotatable bonds is 6. The molecule has 0 aromatic heterocycles. The maximum atomic E-state index is 14.4. The fourth-order valence-electron chi connectivity index (χ4n) is 3.35. The number of piperidine rings is 1. The Morgan fingerprint density at radius 2 is 2.00 bits per heavy atom. The molecule has 1 aliphatic carbocycles. The molecule has 0 bridgehead atoms. The van der Waals surface area contributed by atoms with E-state index in [9.17, 15) is 14.0 Å². The molecule has 4 nitrogen and oxygen atoms in total. The van der Waals surface area contributed by atoms with Gasteiger partial charge in [-0.15, -0.1) is 12.4 Å². The van der Waals surface area contributed by atoms with Crippen molar-refractivity contribution in [3.8, 4) is 0 Å². The summed E-state index contributed by atoms with van der Waals surface area (Å²) < 4.78 is 14.4. The first kappa shape index (κ1) is 20.9. The molecular formula is C19H23ClFNO3S. The zero-order chi connectivity index (χ0) is 18.0. The topological polar surface area (TPSA) is 57.6 Å². The number of ketones is 1. The van der Waals surface area contributed by atoms with Crippen LogP contribution in [0.25, 0.3) is 0 Å². The van der Waals surface area contributed by atoms with Gasteiger partial charge < -0.3 is 5.11 Å². The summed E-state index contributed by atoms with van der Waals surface area (Å²) in [5.74, 6) is -1.18. The summed E-state index contributed by atoms with van der Waals surface area (Å²) in [7, 11) is 0. The van der Waals surface area contributed by atoms with E-state index in [0.29, 0.717) is 25.1 Å². The van der Waals surface area contributed by atoms with Crippen molar-refractivity contribution in [2.75, 3.05) is 13.1 Å². The van der Waals surface area contributed by atoms with E-state index in [1.807, 2.05) is 4.90 Å². The van der Waals surface area contributed by atoms with Gasteiger partial charge in [0.15, 0.2) is 5.78 Å². The number of likely N-dealkylation sites (tertiary alicyclic amines) is 1. The molecule has 26 heavy (non-hydrogen) atoms. The molecule has 2 aliphatic rings. The second-order valence-corrected chi connectivity index (χ2v) is 7.38. The smallest absolute Gasteiger partial charge is 0.307 e. The number of Topliss-reactive ketones (excluding diaryl/α,β-unsaturated/α-hetero) is 1. The number of hydrogen-bond donors (Lipinski definition) is 2. The zero-order valence-electron chi connectivity index (χ0n) is 14.3. The molecule has 0 spiro atoms. The zero-order valence-corrected chi connectivity index (χ0v) is 16.0. The Kier molecular flexibility index (Phi) is 7.26. The molecule has 0 amide bonds. The molecule has 1 aromatic carbocycles. The highest BCUT2D eigenvalue weighted by Crippen LogP contribution is 2.39. The number of carbonyl (C=O) groups excluding carboxylic acids is 1. The van der Waals surface area contributed by atoms with Crippen LogP contribution in [0.4, 0.5) is 4.39 Å². The van der Waals surface area contributed by atoms with Crippen molar-refractivity contribution in [3.63, 3.8) is 0 Å². The van der Waals surface area contributed by atoms with Crippen LogP contribution >= 0.6 is 25.0 Å². The van der Waals surface area contributed by atoms with Crippen molar-refractivity contribution in [2.45, 2.75) is 37.0 Å². The molecule has 2 atom stereocenters. The molecule has 142 valence electrons. The van der Waals surface area contributed by atoms with Crippen LogP contribution < -0.4 is 0 Å². The van der Waals surface area contributed by atoms with Gasteiger partial charge in [-0.3, -0.25) is 14.5 Å². The highest BCUT2D eigenvalue weighted by atomic mass is 35.5. The second-order valence-electron chi connectivity index (χ2n) is 6.75. The lowest BCUT2D eigenvalue weighted by atomic mass is 9.93. The number of thiol groups is 1. The third-order valence-corrected chi connectivity index (χ3v) is 5.45. The summed E-state index contributed by atoms with van der Waals surface area (Å²) in [5, 5.41) is 8.88. The predicted molar refractivity (Wildman–Crippen MR) is 103 cm³/mol. The first-order valence-electron chi connectivity index (χ1n) is 8.58. The minimum atomic E-state index is -0.898. The largest absolute Gasteiger partial charge is 0.481 e. The van der Waals surface area contributed by atoms with Crippen LogP contribution in [-0.2, 0) is 9.59 Å². The normalized spacial score (nSPS) is 23.3. The number of carboxylic acids is 1. The average molecular weight is 400 g/mol. The van der Waals surface area contributed by atoms with Gasteiger partial charge in [0.2, 0.25) is 0 Å². The van der Waals surface area contributed by atoms with Crippen LogP contribution in [0.3, 0.4) is 0 Å². The molecule has 2 fully saturated rings. The van der Waals surface area contributed by atoms with Gasteiger partial charge in [-0.05, 0) is 30.9 Å². The Morgan fingerprint density at radius 1 is 1.31 bits per heavy atom. The van der Waals surface area contributed by atoms with Gasteiger partial charge in [-0.2, -0.15) is 12.6 Å². The van der Waals surface area contributed by atoms with Gasteiger partial charge >= 0.3 is 5.97 Å². The highest BCUT2D eigenvalue weighted by molar-refractivity contribution is 7.81. The molecule has 7 heteroatoms. The number of hydrogen-bond acceptors (Lipinski definition) is 4. The van der Waals surface area contributed by atoms with Crippen LogP contribution in [0.5, 0.6) is 0 Å². The highest BCUT2D eigenvalue weighted by Gasteiger charge is 2.40. The van der Waals surface area contributed by atoms with Gasteiger partial charge in [0.25, 0.3) is 0 Å². The van der Waals surface area contributed by atoms with Crippen LogP contribution in [0.2, 0.25) is 0 Å². The Hall–Kier alpha value is -1.37. The number of carboxylic acid groups (broad SMARTS) is 1. The van der Waals surface area contributed by atoms with Crippen molar-refractivity contribution in [3.05, 3.63) is 47.3 Å². The van der Waals surface area contributed by atoms with Gasteiger partial charge in [-0.1, -0.05) is 24.3 Å². The van der Waals surface area contributed by atoms with Crippen molar-refractivity contribution in [2.24, 2.45) is 5.92 Å². The van der Waals surface area contributed by atoms with Crippen LogP contribution in [0.15, 0.2) is 35.9 Å².